The van der Waals surface area contributed by atoms with Crippen LogP contribution in [0, 0.1) is 0 Å². The molecule has 25 heavy (non-hydrogen) atoms. The van der Waals surface area contributed by atoms with Crippen molar-refractivity contribution in [2.75, 3.05) is 31.6 Å². The molecular formula is C19H29N5O. The number of ether oxygens (including phenoxy) is 1. The second-order valence-electron chi connectivity index (χ2n) is 7.42. The van der Waals surface area contributed by atoms with E-state index >= 15 is 0 Å². The molecule has 0 unspecified atom stereocenters. The summed E-state index contributed by atoms with van der Waals surface area (Å²) in [6.45, 7) is 9.89. The van der Waals surface area contributed by atoms with Gasteiger partial charge in [-0.05, 0) is 32.4 Å². The number of hydrogen-bond donors (Lipinski definition) is 0. The van der Waals surface area contributed by atoms with Gasteiger partial charge in [0.2, 0.25) is 0 Å². The third-order valence-electron chi connectivity index (χ3n) is 5.02. The maximum atomic E-state index is 6.09. The fourth-order valence-corrected chi connectivity index (χ4v) is 3.20. The highest BCUT2D eigenvalue weighted by atomic mass is 16.5. The van der Waals surface area contributed by atoms with Gasteiger partial charge in [-0.3, -0.25) is 9.58 Å². The van der Waals surface area contributed by atoms with Crippen LogP contribution >= 0.6 is 0 Å². The van der Waals surface area contributed by atoms with E-state index in [1.165, 1.54) is 5.56 Å². The Balaban J connectivity index is 1.66. The molecule has 6 nitrogen and oxygen atoms in total. The van der Waals surface area contributed by atoms with Crippen molar-refractivity contribution in [3.63, 3.8) is 0 Å². The Hall–Kier alpha value is -1.92. The monoisotopic (exact) mass is 343 g/mol. The lowest BCUT2D eigenvalue weighted by Crippen LogP contribution is -2.47. The van der Waals surface area contributed by atoms with Crippen LogP contribution in [0.1, 0.15) is 31.9 Å². The Kier molecular flexibility index (Phi) is 5.11. The number of hydrogen-bond acceptors (Lipinski definition) is 5. The van der Waals surface area contributed by atoms with Crippen molar-refractivity contribution in [2.45, 2.75) is 39.0 Å². The van der Waals surface area contributed by atoms with Crippen molar-refractivity contribution in [1.29, 1.82) is 0 Å². The fourth-order valence-electron chi connectivity index (χ4n) is 3.20. The first-order chi connectivity index (χ1) is 11.9. The molecule has 1 aliphatic heterocycles. The molecule has 2 aromatic rings. The van der Waals surface area contributed by atoms with E-state index in [0.717, 1.165) is 37.6 Å². The second kappa shape index (κ2) is 7.14. The van der Waals surface area contributed by atoms with Crippen molar-refractivity contribution in [2.24, 2.45) is 7.05 Å². The number of aromatic nitrogens is 3. The highest BCUT2D eigenvalue weighted by Crippen LogP contribution is 2.29. The zero-order valence-electron chi connectivity index (χ0n) is 15.9. The van der Waals surface area contributed by atoms with Crippen LogP contribution < -0.4 is 4.90 Å². The number of anilines is 1. The van der Waals surface area contributed by atoms with Gasteiger partial charge in [0.05, 0.1) is 12.8 Å². The van der Waals surface area contributed by atoms with Crippen LogP contribution in [0.3, 0.4) is 0 Å². The lowest BCUT2D eigenvalue weighted by molar-refractivity contribution is -0.105. The van der Waals surface area contributed by atoms with Gasteiger partial charge in [0.25, 0.3) is 0 Å². The van der Waals surface area contributed by atoms with Gasteiger partial charge in [-0.15, -0.1) is 0 Å². The minimum absolute atomic E-state index is 0.308. The molecule has 0 amide bonds. The molecule has 0 spiro atoms. The molecule has 0 N–H and O–H groups in total. The van der Waals surface area contributed by atoms with Crippen LogP contribution in [0.15, 0.2) is 30.7 Å². The van der Waals surface area contributed by atoms with Crippen LogP contribution in [0.25, 0.3) is 0 Å². The van der Waals surface area contributed by atoms with Crippen molar-refractivity contribution < 1.29 is 4.74 Å². The van der Waals surface area contributed by atoms with Crippen LogP contribution in [-0.2, 0) is 23.9 Å². The lowest BCUT2D eigenvalue weighted by atomic mass is 9.96. The molecule has 0 saturated carbocycles. The Bertz CT molecular complexity index is 696. The molecular weight excluding hydrogens is 314 g/mol. The van der Waals surface area contributed by atoms with Crippen molar-refractivity contribution in [1.82, 2.24) is 19.7 Å². The Morgan fingerprint density at radius 3 is 2.72 bits per heavy atom. The van der Waals surface area contributed by atoms with E-state index in [9.17, 15) is 0 Å². The topological polar surface area (TPSA) is 46.4 Å². The molecule has 2 aromatic heterocycles. The number of aryl methyl sites for hydroxylation is 1. The lowest BCUT2D eigenvalue weighted by Gasteiger charge is -2.40. The highest BCUT2D eigenvalue weighted by molar-refractivity contribution is 5.39. The van der Waals surface area contributed by atoms with Gasteiger partial charge in [-0.1, -0.05) is 6.07 Å². The summed E-state index contributed by atoms with van der Waals surface area (Å²) in [6.07, 6.45) is 5.94. The van der Waals surface area contributed by atoms with E-state index in [1.54, 1.807) is 0 Å². The van der Waals surface area contributed by atoms with E-state index in [2.05, 4.69) is 59.8 Å². The van der Waals surface area contributed by atoms with E-state index in [-0.39, 0.29) is 5.60 Å². The minimum atomic E-state index is -0.308. The molecule has 1 saturated heterocycles. The van der Waals surface area contributed by atoms with Crippen LogP contribution in [0.5, 0.6) is 0 Å². The third kappa shape index (κ3) is 4.02. The Morgan fingerprint density at radius 2 is 2.12 bits per heavy atom. The van der Waals surface area contributed by atoms with E-state index in [0.29, 0.717) is 6.04 Å². The zero-order valence-corrected chi connectivity index (χ0v) is 15.9. The summed E-state index contributed by atoms with van der Waals surface area (Å²) in [6, 6.07) is 4.73. The van der Waals surface area contributed by atoms with Gasteiger partial charge >= 0.3 is 0 Å². The van der Waals surface area contributed by atoms with Gasteiger partial charge in [0.1, 0.15) is 11.4 Å². The fraction of sp³-hybridized carbons (Fsp3) is 0.579. The number of rotatable bonds is 5. The maximum absolute atomic E-state index is 6.09. The predicted molar refractivity (Wildman–Crippen MR) is 99.6 cm³/mol. The SMILES string of the molecule is CC(C)N(C)c1ccc(CN2CCO[C@@](C)(c3cnn(C)c3)C2)cn1. The van der Waals surface area contributed by atoms with Gasteiger partial charge in [0.15, 0.2) is 0 Å². The second-order valence-corrected chi connectivity index (χ2v) is 7.42. The molecule has 1 fully saturated rings. The number of nitrogens with zero attached hydrogens (tertiary/aromatic N) is 5. The largest absolute Gasteiger partial charge is 0.368 e. The molecule has 1 aliphatic rings. The first-order valence-corrected chi connectivity index (χ1v) is 8.90. The summed E-state index contributed by atoms with van der Waals surface area (Å²) in [5, 5.41) is 4.29. The number of morpholine rings is 1. The number of pyridine rings is 1. The van der Waals surface area contributed by atoms with Crippen molar-refractivity contribution >= 4 is 5.82 Å². The summed E-state index contributed by atoms with van der Waals surface area (Å²) in [5.41, 5.74) is 2.06. The van der Waals surface area contributed by atoms with Crippen molar-refractivity contribution in [3.05, 3.63) is 41.9 Å². The molecule has 0 bridgehead atoms. The quantitative estimate of drug-likeness (QED) is 0.834. The van der Waals surface area contributed by atoms with Crippen LogP contribution in [0.2, 0.25) is 0 Å². The Morgan fingerprint density at radius 1 is 1.32 bits per heavy atom. The molecule has 0 aliphatic carbocycles. The normalized spacial score (nSPS) is 21.7. The van der Waals surface area contributed by atoms with Gasteiger partial charge in [-0.2, -0.15) is 5.10 Å². The average molecular weight is 343 g/mol. The zero-order chi connectivity index (χ0) is 18.0. The van der Waals surface area contributed by atoms with Crippen LogP contribution in [0.4, 0.5) is 5.82 Å². The van der Waals surface area contributed by atoms with E-state index in [4.69, 9.17) is 4.74 Å². The first kappa shape index (κ1) is 17.9. The highest BCUT2D eigenvalue weighted by Gasteiger charge is 2.34. The summed E-state index contributed by atoms with van der Waals surface area (Å²) in [4.78, 5) is 9.23. The molecule has 3 rings (SSSR count). The van der Waals surface area contributed by atoms with Gasteiger partial charge < -0.3 is 9.64 Å². The average Bonchev–Trinajstić information content (AvgIpc) is 3.02. The van der Waals surface area contributed by atoms with Crippen LogP contribution in [-0.4, -0.2) is 52.5 Å². The summed E-state index contributed by atoms with van der Waals surface area (Å²) in [5.74, 6) is 1.01. The smallest absolute Gasteiger partial charge is 0.128 e. The first-order valence-electron chi connectivity index (χ1n) is 8.90. The maximum Gasteiger partial charge on any atom is 0.128 e. The van der Waals surface area contributed by atoms with E-state index in [1.807, 2.05) is 30.3 Å². The summed E-state index contributed by atoms with van der Waals surface area (Å²) in [7, 11) is 4.02. The van der Waals surface area contributed by atoms with Gasteiger partial charge in [-0.25, -0.2) is 4.98 Å². The molecule has 0 aromatic carbocycles. The molecule has 0 radical (unpaired) electrons. The van der Waals surface area contributed by atoms with Gasteiger partial charge in [0, 0.05) is 57.7 Å². The Labute approximate surface area is 150 Å². The summed E-state index contributed by atoms with van der Waals surface area (Å²) < 4.78 is 7.92. The molecule has 1 atom stereocenters. The predicted octanol–water partition coefficient (Wildman–Crippen LogP) is 2.41. The van der Waals surface area contributed by atoms with Crippen molar-refractivity contribution in [3.8, 4) is 0 Å². The molecule has 136 valence electrons. The molecule has 3 heterocycles. The summed E-state index contributed by atoms with van der Waals surface area (Å²) >= 11 is 0. The standard InChI is InChI=1S/C19H29N5O/c1-15(2)23(5)18-7-6-16(10-20-18)12-24-8-9-25-19(3,14-24)17-11-21-22(4)13-17/h6-7,10-11,13,15H,8-9,12,14H2,1-5H3/t19-/m1/s1. The minimum Gasteiger partial charge on any atom is -0.368 e. The molecule has 6 heteroatoms. The van der Waals surface area contributed by atoms with E-state index < -0.39 is 0 Å². The third-order valence-corrected chi connectivity index (χ3v) is 5.02.